The van der Waals surface area contributed by atoms with Crippen molar-refractivity contribution in [1.82, 2.24) is 9.97 Å². The average Bonchev–Trinajstić information content (AvgIpc) is 2.25. The summed E-state index contributed by atoms with van der Waals surface area (Å²) < 4.78 is 0. The van der Waals surface area contributed by atoms with Gasteiger partial charge in [0, 0.05) is 18.8 Å². The van der Waals surface area contributed by atoms with Gasteiger partial charge in [-0.1, -0.05) is 6.08 Å². The largest absolute Gasteiger partial charge is 0.306 e. The Bertz CT molecular complexity index is 346. The van der Waals surface area contributed by atoms with Gasteiger partial charge < -0.3 is 5.32 Å². The third-order valence-corrected chi connectivity index (χ3v) is 1.60. The highest BCUT2D eigenvalue weighted by atomic mass is 16.1. The maximum Gasteiger partial charge on any atom is 0.249 e. The summed E-state index contributed by atoms with van der Waals surface area (Å²) >= 11 is 0. The average molecular weight is 161 g/mol. The topological polar surface area (TPSA) is 54.9 Å². The number of amides is 1. The van der Waals surface area contributed by atoms with E-state index in [-0.39, 0.29) is 5.91 Å². The lowest BCUT2D eigenvalue weighted by atomic mass is 10.3. The van der Waals surface area contributed by atoms with Crippen molar-refractivity contribution in [2.75, 3.05) is 5.32 Å². The summed E-state index contributed by atoms with van der Waals surface area (Å²) in [6.07, 6.45) is 7.09. The molecule has 1 N–H and O–H groups in total. The molecule has 0 fully saturated rings. The maximum atomic E-state index is 11.0. The third kappa shape index (κ3) is 1.18. The molecule has 1 aliphatic rings. The molecule has 1 aromatic rings. The van der Waals surface area contributed by atoms with Crippen LogP contribution < -0.4 is 5.32 Å². The van der Waals surface area contributed by atoms with E-state index in [9.17, 15) is 4.79 Å². The molecule has 2 rings (SSSR count). The molecule has 0 saturated carbocycles. The van der Waals surface area contributed by atoms with Gasteiger partial charge in [-0.3, -0.25) is 9.78 Å². The van der Waals surface area contributed by atoms with E-state index in [1.54, 1.807) is 18.5 Å². The summed E-state index contributed by atoms with van der Waals surface area (Å²) in [7, 11) is 0. The number of rotatable bonds is 0. The fraction of sp³-hybridized carbons (Fsp3) is 0.125. The Balaban J connectivity index is 2.44. The molecule has 0 radical (unpaired) electrons. The summed E-state index contributed by atoms with van der Waals surface area (Å²) in [4.78, 5) is 19.1. The molecule has 0 spiro atoms. The van der Waals surface area contributed by atoms with Crippen LogP contribution in [0.2, 0.25) is 0 Å². The fourth-order valence-electron chi connectivity index (χ4n) is 1.06. The first-order chi connectivity index (χ1) is 5.86. The standard InChI is InChI=1S/C8H7N3O/c12-7-3-1-2-6-8(11-7)10-5-4-9-6/h1,3-5H,2H2,(H,10,11,12). The summed E-state index contributed by atoms with van der Waals surface area (Å²) in [6, 6.07) is 0. The van der Waals surface area contributed by atoms with Gasteiger partial charge in [0.1, 0.15) is 0 Å². The Labute approximate surface area is 69.3 Å². The number of fused-ring (bicyclic) bond motifs is 1. The number of carbonyl (C=O) groups excluding carboxylic acids is 1. The van der Waals surface area contributed by atoms with Crippen molar-refractivity contribution in [3.8, 4) is 0 Å². The zero-order valence-electron chi connectivity index (χ0n) is 6.32. The van der Waals surface area contributed by atoms with Crippen LogP contribution in [0.3, 0.4) is 0 Å². The van der Waals surface area contributed by atoms with Crippen LogP contribution in [-0.4, -0.2) is 15.9 Å². The monoisotopic (exact) mass is 161 g/mol. The number of anilines is 1. The van der Waals surface area contributed by atoms with Crippen LogP contribution in [0.1, 0.15) is 5.69 Å². The van der Waals surface area contributed by atoms with Crippen LogP contribution >= 0.6 is 0 Å². The number of nitrogens with one attached hydrogen (secondary N) is 1. The second-order valence-electron chi connectivity index (χ2n) is 2.45. The van der Waals surface area contributed by atoms with Gasteiger partial charge in [0.15, 0.2) is 5.82 Å². The summed E-state index contributed by atoms with van der Waals surface area (Å²) in [5, 5.41) is 2.62. The molecule has 0 aliphatic carbocycles. The lowest BCUT2D eigenvalue weighted by Gasteiger charge is -2.01. The van der Waals surface area contributed by atoms with Crippen molar-refractivity contribution in [3.05, 3.63) is 30.2 Å². The quantitative estimate of drug-likeness (QED) is 0.603. The van der Waals surface area contributed by atoms with E-state index in [0.29, 0.717) is 12.2 Å². The number of hydrogen-bond donors (Lipinski definition) is 1. The Kier molecular flexibility index (Phi) is 1.59. The molecule has 0 atom stereocenters. The first kappa shape index (κ1) is 6.97. The van der Waals surface area contributed by atoms with Gasteiger partial charge in [-0.15, -0.1) is 0 Å². The number of aromatic nitrogens is 2. The van der Waals surface area contributed by atoms with Crippen molar-refractivity contribution in [2.45, 2.75) is 6.42 Å². The van der Waals surface area contributed by atoms with E-state index in [2.05, 4.69) is 15.3 Å². The van der Waals surface area contributed by atoms with Gasteiger partial charge in [-0.05, 0) is 6.08 Å². The normalized spacial score (nSPS) is 14.8. The van der Waals surface area contributed by atoms with Gasteiger partial charge in [-0.25, -0.2) is 4.98 Å². The second kappa shape index (κ2) is 2.73. The smallest absolute Gasteiger partial charge is 0.249 e. The third-order valence-electron chi connectivity index (χ3n) is 1.60. The van der Waals surface area contributed by atoms with Crippen LogP contribution in [-0.2, 0) is 11.2 Å². The minimum absolute atomic E-state index is 0.144. The Morgan fingerprint density at radius 2 is 2.17 bits per heavy atom. The van der Waals surface area contributed by atoms with E-state index in [1.165, 1.54) is 6.08 Å². The van der Waals surface area contributed by atoms with Gasteiger partial charge in [0.05, 0.1) is 5.69 Å². The lowest BCUT2D eigenvalue weighted by molar-refractivity contribution is -0.111. The van der Waals surface area contributed by atoms with E-state index in [4.69, 9.17) is 0 Å². The minimum Gasteiger partial charge on any atom is -0.306 e. The highest BCUT2D eigenvalue weighted by molar-refractivity contribution is 5.99. The molecule has 4 heteroatoms. The number of allylic oxidation sites excluding steroid dienone is 1. The predicted octanol–water partition coefficient (Wildman–Crippen LogP) is 0.527. The Morgan fingerprint density at radius 1 is 1.33 bits per heavy atom. The van der Waals surface area contributed by atoms with Gasteiger partial charge >= 0.3 is 0 Å². The van der Waals surface area contributed by atoms with E-state index < -0.39 is 0 Å². The molecule has 0 aromatic carbocycles. The second-order valence-corrected chi connectivity index (χ2v) is 2.45. The van der Waals surface area contributed by atoms with Crippen molar-refractivity contribution in [2.24, 2.45) is 0 Å². The van der Waals surface area contributed by atoms with Crippen molar-refractivity contribution in [1.29, 1.82) is 0 Å². The zero-order chi connectivity index (χ0) is 8.39. The molecule has 60 valence electrons. The summed E-state index contributed by atoms with van der Waals surface area (Å²) in [5.41, 5.74) is 0.805. The predicted molar refractivity (Wildman–Crippen MR) is 43.5 cm³/mol. The highest BCUT2D eigenvalue weighted by Crippen LogP contribution is 2.11. The van der Waals surface area contributed by atoms with Crippen LogP contribution in [0.15, 0.2) is 24.5 Å². The molecular formula is C8H7N3O. The first-order valence-corrected chi connectivity index (χ1v) is 3.63. The Hall–Kier alpha value is -1.71. The molecule has 0 unspecified atom stereocenters. The fourth-order valence-corrected chi connectivity index (χ4v) is 1.06. The molecule has 1 aliphatic heterocycles. The first-order valence-electron chi connectivity index (χ1n) is 3.63. The molecular weight excluding hydrogens is 154 g/mol. The number of hydrogen-bond acceptors (Lipinski definition) is 3. The van der Waals surface area contributed by atoms with E-state index >= 15 is 0 Å². The molecule has 12 heavy (non-hydrogen) atoms. The summed E-state index contributed by atoms with van der Waals surface area (Å²) in [6.45, 7) is 0. The van der Waals surface area contributed by atoms with E-state index in [0.717, 1.165) is 5.69 Å². The molecule has 4 nitrogen and oxygen atoms in total. The molecule has 1 amide bonds. The number of nitrogens with zero attached hydrogens (tertiary/aromatic N) is 2. The lowest BCUT2D eigenvalue weighted by Crippen LogP contribution is -2.09. The van der Waals surface area contributed by atoms with Crippen molar-refractivity contribution < 1.29 is 4.79 Å². The highest BCUT2D eigenvalue weighted by Gasteiger charge is 2.08. The van der Waals surface area contributed by atoms with Crippen LogP contribution in [0, 0.1) is 0 Å². The maximum absolute atomic E-state index is 11.0. The molecule has 0 bridgehead atoms. The molecule has 2 heterocycles. The minimum atomic E-state index is -0.144. The SMILES string of the molecule is O=C1C=CCc2nccnc2N1. The Morgan fingerprint density at radius 3 is 3.08 bits per heavy atom. The molecule has 1 aromatic heterocycles. The van der Waals surface area contributed by atoms with Crippen LogP contribution in [0.25, 0.3) is 0 Å². The van der Waals surface area contributed by atoms with Crippen LogP contribution in [0.4, 0.5) is 5.82 Å². The van der Waals surface area contributed by atoms with Crippen molar-refractivity contribution >= 4 is 11.7 Å². The van der Waals surface area contributed by atoms with Crippen LogP contribution in [0.5, 0.6) is 0 Å². The number of carbonyl (C=O) groups is 1. The van der Waals surface area contributed by atoms with Gasteiger partial charge in [0.2, 0.25) is 5.91 Å². The summed E-state index contributed by atoms with van der Waals surface area (Å²) in [5.74, 6) is 0.418. The van der Waals surface area contributed by atoms with E-state index in [1.807, 2.05) is 0 Å². The van der Waals surface area contributed by atoms with Crippen molar-refractivity contribution in [3.63, 3.8) is 0 Å². The zero-order valence-corrected chi connectivity index (χ0v) is 6.32. The van der Waals surface area contributed by atoms with Gasteiger partial charge in [-0.2, -0.15) is 0 Å². The van der Waals surface area contributed by atoms with Gasteiger partial charge in [0.25, 0.3) is 0 Å². The molecule has 0 saturated heterocycles.